The molecule has 0 aliphatic carbocycles. The topological polar surface area (TPSA) is 157 Å². The van der Waals surface area contributed by atoms with Crippen molar-refractivity contribution in [3.63, 3.8) is 0 Å². The molecule has 0 aromatic rings. The minimum absolute atomic E-state index is 0. The van der Waals surface area contributed by atoms with Gasteiger partial charge >= 0.3 is 65.1 Å². The molecule has 13 heteroatoms. The normalized spacial score (nSPS) is 9.86. The molecule has 0 saturated carbocycles. The monoisotopic (exact) mass is 639 g/mol. The first-order valence-electron chi connectivity index (χ1n) is 13.4. The van der Waals surface area contributed by atoms with Crippen LogP contribution in [-0.2, 0) is 28.2 Å². The minimum atomic E-state index is -5.15. The Labute approximate surface area is 306 Å². The zero-order chi connectivity index (χ0) is 30.3. The summed E-state index contributed by atoms with van der Waals surface area (Å²) in [7, 11) is -5.15. The summed E-state index contributed by atoms with van der Waals surface area (Å²) in [6, 6.07) is 2.35. The van der Waals surface area contributed by atoms with E-state index in [-0.39, 0.29) is 88.0 Å². The number of carbonyl (C=O) groups is 2. The predicted molar refractivity (Wildman–Crippen MR) is 163 cm³/mol. The summed E-state index contributed by atoms with van der Waals surface area (Å²) in [6.45, 7) is 3.80. The van der Waals surface area contributed by atoms with E-state index in [4.69, 9.17) is 9.84 Å². The molecule has 10 nitrogen and oxygen atoms in total. The molecule has 0 unspecified atom stereocenters. The van der Waals surface area contributed by atoms with Gasteiger partial charge < -0.3 is 33.5 Å². The van der Waals surface area contributed by atoms with E-state index in [1.807, 2.05) is 0 Å². The number of aliphatic hydroxyl groups excluding tert-OH is 1. The molecule has 0 aliphatic rings. The van der Waals surface area contributed by atoms with E-state index in [0.29, 0.717) is 6.42 Å². The van der Waals surface area contributed by atoms with Gasteiger partial charge in [0.2, 0.25) is 5.91 Å². The van der Waals surface area contributed by atoms with Gasteiger partial charge in [0.05, 0.1) is 21.0 Å². The number of unbranched alkanes of at least 4 members (excludes halogenated alkanes) is 10. The summed E-state index contributed by atoms with van der Waals surface area (Å²) in [6.07, 6.45) is 12.0. The Morgan fingerprint density at radius 2 is 1.36 bits per heavy atom. The second-order valence-corrected chi connectivity index (χ2v) is 9.60. The van der Waals surface area contributed by atoms with E-state index < -0.39 is 33.3 Å². The second kappa shape index (κ2) is 36.4. The average Bonchev–Trinajstić information content (AvgIpc) is 2.90. The van der Waals surface area contributed by atoms with E-state index >= 15 is 0 Å². The van der Waals surface area contributed by atoms with Crippen molar-refractivity contribution in [1.82, 2.24) is 5.32 Å². The summed E-state index contributed by atoms with van der Waals surface area (Å²) < 4.78 is 24.3. The number of ether oxygens (including phenoxy) is 2. The standard InChI is InChI=1S/C18H37O8P.C11H7NO.2Na.7H2/c1-2-3-4-5-6-7-8-9-10-11-12-13-18(20)26-17(14-24-16-19)15-25-27(21,22)23;1-3-4-5-6-7-8-9-10-12-11(2)13;;;;;;;;;/h17,19H,2-16H2,1H3,(H2,21,22,23);1-2H3,(H,12,13);;;7*1H/q;;2*+1;;;;;;;/p-2/t17-;;;;;;;;;;/m0........../s1. The first-order chi connectivity index (χ1) is 19.2. The molecule has 0 saturated heterocycles. The molecule has 0 aromatic heterocycles. The number of hydrogen-bond donors (Lipinski definition) is 2. The first kappa shape index (κ1) is 48.1. The van der Waals surface area contributed by atoms with Crippen molar-refractivity contribution in [2.45, 2.75) is 104 Å². The third-order valence-corrected chi connectivity index (χ3v) is 5.30. The Morgan fingerprint density at radius 1 is 0.857 bits per heavy atom. The molecule has 0 fully saturated rings. The van der Waals surface area contributed by atoms with Crippen molar-refractivity contribution < 1.29 is 112 Å². The number of aliphatic hydroxyl groups is 1. The van der Waals surface area contributed by atoms with Crippen LogP contribution >= 0.6 is 7.82 Å². The van der Waals surface area contributed by atoms with E-state index in [1.54, 1.807) is 6.92 Å². The fourth-order valence-corrected chi connectivity index (χ4v) is 3.34. The molecule has 0 spiro atoms. The maximum Gasteiger partial charge on any atom is 1.00 e. The Hall–Kier alpha value is -0.790. The number of rotatable bonds is 19. The molecule has 0 aliphatic heterocycles. The summed E-state index contributed by atoms with van der Waals surface area (Å²) >= 11 is 0. The van der Waals surface area contributed by atoms with Gasteiger partial charge in [-0.3, -0.25) is 14.9 Å². The first-order valence-corrected chi connectivity index (χ1v) is 14.8. The van der Waals surface area contributed by atoms with Crippen LogP contribution in [0, 0.1) is 47.5 Å². The second-order valence-electron chi connectivity index (χ2n) is 8.45. The van der Waals surface area contributed by atoms with Crippen LogP contribution in [0.4, 0.5) is 0 Å². The van der Waals surface area contributed by atoms with Crippen molar-refractivity contribution >= 4 is 19.7 Å². The van der Waals surface area contributed by atoms with Gasteiger partial charge in [-0.15, -0.1) is 0 Å². The molecular formula is C29H56NNa2O9P. The van der Waals surface area contributed by atoms with Crippen molar-refractivity contribution in [2.24, 2.45) is 0 Å². The fraction of sp³-hybridized carbons (Fsp3) is 0.655. The zero-order valence-corrected chi connectivity index (χ0v) is 30.7. The maximum absolute atomic E-state index is 11.8. The number of nitrogens with one attached hydrogen (secondary N) is 1. The Bertz CT molecular complexity index is 1020. The molecule has 0 rings (SSSR count). The number of amides is 1. The van der Waals surface area contributed by atoms with Crippen molar-refractivity contribution in [3.8, 4) is 47.5 Å². The van der Waals surface area contributed by atoms with E-state index in [1.165, 1.54) is 51.9 Å². The summed E-state index contributed by atoms with van der Waals surface area (Å²) in [5, 5.41) is 10.9. The molecule has 238 valence electrons. The van der Waals surface area contributed by atoms with Crippen LogP contribution < -0.4 is 74.2 Å². The molecule has 1 amide bonds. The molecule has 0 heterocycles. The van der Waals surface area contributed by atoms with E-state index in [9.17, 15) is 23.9 Å². The molecule has 0 radical (unpaired) electrons. The number of hydrogen-bond acceptors (Lipinski definition) is 9. The smallest absolute Gasteiger partial charge is 0.790 e. The molecule has 0 bridgehead atoms. The van der Waals surface area contributed by atoms with Crippen LogP contribution in [-0.4, -0.2) is 43.1 Å². The number of phosphoric ester groups is 1. The van der Waals surface area contributed by atoms with Crippen molar-refractivity contribution in [2.75, 3.05) is 20.0 Å². The largest absolute Gasteiger partial charge is 1.00 e. The van der Waals surface area contributed by atoms with Crippen LogP contribution in [0.25, 0.3) is 0 Å². The number of esters is 1. The van der Waals surface area contributed by atoms with Crippen LogP contribution in [0.5, 0.6) is 0 Å². The molecule has 42 heavy (non-hydrogen) atoms. The van der Waals surface area contributed by atoms with Gasteiger partial charge in [-0.05, 0) is 31.1 Å². The van der Waals surface area contributed by atoms with Crippen LogP contribution in [0.15, 0.2) is 0 Å². The average molecular weight is 640 g/mol. The van der Waals surface area contributed by atoms with Crippen molar-refractivity contribution in [3.05, 3.63) is 0 Å². The minimum Gasteiger partial charge on any atom is -0.790 e. The summed E-state index contributed by atoms with van der Waals surface area (Å²) in [5.74, 6) is 16.7. The van der Waals surface area contributed by atoms with Crippen LogP contribution in [0.3, 0.4) is 0 Å². The molecule has 0 aromatic carbocycles. The third-order valence-electron chi connectivity index (χ3n) is 4.83. The Morgan fingerprint density at radius 3 is 1.83 bits per heavy atom. The Kier molecular flexibility index (Phi) is 41.7. The maximum atomic E-state index is 11.8. The molecule has 2 N–H and O–H groups in total. The van der Waals surface area contributed by atoms with E-state index in [0.717, 1.165) is 19.3 Å². The third kappa shape index (κ3) is 43.7. The number of carbonyl (C=O) groups excluding carboxylic acids is 2. The number of phosphoric acid groups is 1. The van der Waals surface area contributed by atoms with Crippen LogP contribution in [0.1, 0.15) is 108 Å². The van der Waals surface area contributed by atoms with Gasteiger partial charge in [0.25, 0.3) is 0 Å². The molecular weight excluding hydrogens is 583 g/mol. The quantitative estimate of drug-likeness (QED) is 0.0318. The van der Waals surface area contributed by atoms with Gasteiger partial charge in [0.1, 0.15) is 12.9 Å². The van der Waals surface area contributed by atoms with Gasteiger partial charge in [-0.2, -0.15) is 0 Å². The summed E-state index contributed by atoms with van der Waals surface area (Å²) in [4.78, 5) is 43.1. The van der Waals surface area contributed by atoms with Crippen molar-refractivity contribution in [1.29, 1.82) is 0 Å². The summed E-state index contributed by atoms with van der Waals surface area (Å²) in [5.41, 5.74) is 0. The molecule has 1 atom stereocenters. The zero-order valence-electron chi connectivity index (χ0n) is 25.8. The fourth-order valence-electron chi connectivity index (χ4n) is 2.99. The van der Waals surface area contributed by atoms with Gasteiger partial charge in [0.15, 0.2) is 0 Å². The van der Waals surface area contributed by atoms with Gasteiger partial charge in [-0.25, -0.2) is 0 Å². The van der Waals surface area contributed by atoms with Gasteiger partial charge in [-0.1, -0.05) is 77.1 Å². The SMILES string of the molecule is CC#CC#CC#CC#CNC(C)=O.CCCCCCCCCCCCCC(=O)O[C@@H](COCO)COP(=O)([O-])[O-].[HH].[HH].[HH].[HH].[HH].[HH].[HH].[Na+].[Na+]. The van der Waals surface area contributed by atoms with E-state index in [2.05, 4.69) is 69.0 Å². The predicted octanol–water partition coefficient (Wildman–Crippen LogP) is -1.75. The Balaban J connectivity index is -0.0000000640. The van der Waals surface area contributed by atoms with Crippen LogP contribution in [0.2, 0.25) is 0 Å². The van der Waals surface area contributed by atoms with Gasteiger partial charge in [0, 0.05) is 47.1 Å².